The van der Waals surface area contributed by atoms with E-state index in [9.17, 15) is 8.78 Å². The highest BCUT2D eigenvalue weighted by Gasteiger charge is 2.08. The highest BCUT2D eigenvalue weighted by Crippen LogP contribution is 2.22. The number of alkyl halides is 2. The van der Waals surface area contributed by atoms with Gasteiger partial charge in [0.1, 0.15) is 0 Å². The van der Waals surface area contributed by atoms with Gasteiger partial charge < -0.3 is 5.73 Å². The van der Waals surface area contributed by atoms with Crippen molar-refractivity contribution in [2.24, 2.45) is 5.73 Å². The largest absolute Gasteiger partial charge is 0.324 e. The Kier molecular flexibility index (Phi) is 4.69. The van der Waals surface area contributed by atoms with Crippen LogP contribution in [0.1, 0.15) is 49.8 Å². The molecule has 3 heteroatoms. The van der Waals surface area contributed by atoms with Gasteiger partial charge in [0, 0.05) is 11.6 Å². The number of nitrogens with two attached hydrogens (primary N) is 1. The molecule has 0 bridgehead atoms. The van der Waals surface area contributed by atoms with Crippen molar-refractivity contribution in [3.05, 3.63) is 35.4 Å². The Bertz CT molecular complexity index is 282. The molecule has 1 nitrogen and oxygen atoms in total. The molecule has 0 saturated carbocycles. The SMILES string of the molecule is CCCC[C@@H](N)c1ccc(C(F)F)cc1. The van der Waals surface area contributed by atoms with Gasteiger partial charge in [-0.25, -0.2) is 8.78 Å². The lowest BCUT2D eigenvalue weighted by Gasteiger charge is -2.11. The molecule has 0 aliphatic carbocycles. The summed E-state index contributed by atoms with van der Waals surface area (Å²) in [5, 5.41) is 0. The lowest BCUT2D eigenvalue weighted by molar-refractivity contribution is 0.151. The van der Waals surface area contributed by atoms with Crippen LogP contribution in [0.25, 0.3) is 0 Å². The molecule has 2 N–H and O–H groups in total. The normalized spacial score (nSPS) is 13.1. The van der Waals surface area contributed by atoms with Crippen LogP contribution in [-0.2, 0) is 0 Å². The highest BCUT2D eigenvalue weighted by atomic mass is 19.3. The summed E-state index contributed by atoms with van der Waals surface area (Å²) in [7, 11) is 0. The van der Waals surface area contributed by atoms with Crippen molar-refractivity contribution in [1.29, 1.82) is 0 Å². The maximum atomic E-state index is 12.3. The third kappa shape index (κ3) is 3.59. The minimum atomic E-state index is -2.40. The lowest BCUT2D eigenvalue weighted by atomic mass is 10.0. The number of hydrogen-bond donors (Lipinski definition) is 1. The minimum absolute atomic E-state index is 0.0309. The second-order valence-electron chi connectivity index (χ2n) is 3.72. The number of hydrogen-bond acceptors (Lipinski definition) is 1. The first-order valence-electron chi connectivity index (χ1n) is 5.28. The van der Waals surface area contributed by atoms with Gasteiger partial charge in [-0.3, -0.25) is 0 Å². The van der Waals surface area contributed by atoms with Crippen LogP contribution >= 0.6 is 0 Å². The molecule has 0 amide bonds. The molecule has 84 valence electrons. The zero-order chi connectivity index (χ0) is 11.3. The third-order valence-electron chi connectivity index (χ3n) is 2.49. The molecule has 0 aliphatic rings. The second-order valence-corrected chi connectivity index (χ2v) is 3.72. The molecule has 0 heterocycles. The fourth-order valence-corrected chi connectivity index (χ4v) is 1.48. The van der Waals surface area contributed by atoms with Crippen molar-refractivity contribution in [3.8, 4) is 0 Å². The fraction of sp³-hybridized carbons (Fsp3) is 0.500. The van der Waals surface area contributed by atoms with Gasteiger partial charge >= 0.3 is 0 Å². The molecule has 0 spiro atoms. The van der Waals surface area contributed by atoms with E-state index in [1.54, 1.807) is 12.1 Å². The van der Waals surface area contributed by atoms with Crippen LogP contribution in [0.5, 0.6) is 0 Å². The monoisotopic (exact) mass is 213 g/mol. The van der Waals surface area contributed by atoms with E-state index in [-0.39, 0.29) is 11.6 Å². The van der Waals surface area contributed by atoms with E-state index < -0.39 is 6.43 Å². The van der Waals surface area contributed by atoms with Gasteiger partial charge in [-0.15, -0.1) is 0 Å². The summed E-state index contributed by atoms with van der Waals surface area (Å²) in [5.74, 6) is 0. The van der Waals surface area contributed by atoms with Crippen LogP contribution in [-0.4, -0.2) is 0 Å². The molecule has 0 aliphatic heterocycles. The molecule has 1 aromatic rings. The molecule has 15 heavy (non-hydrogen) atoms. The average molecular weight is 213 g/mol. The Morgan fingerprint density at radius 1 is 1.13 bits per heavy atom. The van der Waals surface area contributed by atoms with Gasteiger partial charge in [0.05, 0.1) is 0 Å². The van der Waals surface area contributed by atoms with Crippen molar-refractivity contribution >= 4 is 0 Å². The van der Waals surface area contributed by atoms with Crippen molar-refractivity contribution in [1.82, 2.24) is 0 Å². The van der Waals surface area contributed by atoms with Gasteiger partial charge in [-0.1, -0.05) is 44.0 Å². The maximum Gasteiger partial charge on any atom is 0.263 e. The molecular weight excluding hydrogens is 196 g/mol. The summed E-state index contributed by atoms with van der Waals surface area (Å²) < 4.78 is 24.5. The first kappa shape index (κ1) is 12.1. The van der Waals surface area contributed by atoms with E-state index in [2.05, 4.69) is 6.92 Å². The lowest BCUT2D eigenvalue weighted by Crippen LogP contribution is -2.09. The zero-order valence-electron chi connectivity index (χ0n) is 8.92. The zero-order valence-corrected chi connectivity index (χ0v) is 8.92. The molecule has 0 radical (unpaired) electrons. The minimum Gasteiger partial charge on any atom is -0.324 e. The predicted octanol–water partition coefficient (Wildman–Crippen LogP) is 3.81. The first-order valence-corrected chi connectivity index (χ1v) is 5.28. The van der Waals surface area contributed by atoms with Crippen LogP contribution in [0.2, 0.25) is 0 Å². The van der Waals surface area contributed by atoms with E-state index in [1.165, 1.54) is 12.1 Å². The molecule has 1 atom stereocenters. The molecule has 0 aromatic heterocycles. The van der Waals surface area contributed by atoms with Crippen LogP contribution in [0.4, 0.5) is 8.78 Å². The summed E-state index contributed by atoms with van der Waals surface area (Å²) in [6, 6.07) is 6.26. The van der Waals surface area contributed by atoms with Crippen LogP contribution < -0.4 is 5.73 Å². The van der Waals surface area contributed by atoms with Crippen molar-refractivity contribution in [2.75, 3.05) is 0 Å². The Labute approximate surface area is 89.3 Å². The van der Waals surface area contributed by atoms with Gasteiger partial charge in [0.15, 0.2) is 0 Å². The Hall–Kier alpha value is -0.960. The molecule has 1 aromatic carbocycles. The Balaban J connectivity index is 2.62. The molecule has 0 saturated heterocycles. The summed E-state index contributed by atoms with van der Waals surface area (Å²) in [6.07, 6.45) is 0.677. The van der Waals surface area contributed by atoms with Gasteiger partial charge in [0.2, 0.25) is 0 Å². The van der Waals surface area contributed by atoms with E-state index >= 15 is 0 Å². The quantitative estimate of drug-likeness (QED) is 0.790. The summed E-state index contributed by atoms with van der Waals surface area (Å²) in [6.45, 7) is 2.10. The van der Waals surface area contributed by atoms with Gasteiger partial charge in [-0.05, 0) is 12.0 Å². The van der Waals surface area contributed by atoms with Crippen molar-refractivity contribution in [2.45, 2.75) is 38.7 Å². The third-order valence-corrected chi connectivity index (χ3v) is 2.49. The standard InChI is InChI=1S/C12H17F2N/c1-2-3-4-11(15)9-5-7-10(8-6-9)12(13)14/h5-8,11-12H,2-4,15H2,1H3/t11-/m1/s1. The first-order chi connectivity index (χ1) is 7.15. The number of halogens is 2. The molecule has 0 fully saturated rings. The Morgan fingerprint density at radius 3 is 2.13 bits per heavy atom. The maximum absolute atomic E-state index is 12.3. The highest BCUT2D eigenvalue weighted by molar-refractivity contribution is 5.25. The van der Waals surface area contributed by atoms with E-state index in [1.807, 2.05) is 0 Å². The number of unbranched alkanes of at least 4 members (excludes halogenated alkanes) is 1. The number of rotatable bonds is 5. The van der Waals surface area contributed by atoms with E-state index in [4.69, 9.17) is 5.73 Å². The molecular formula is C12H17F2N. The van der Waals surface area contributed by atoms with Crippen LogP contribution in [0.15, 0.2) is 24.3 Å². The predicted molar refractivity (Wildman–Crippen MR) is 57.9 cm³/mol. The van der Waals surface area contributed by atoms with E-state index in [0.29, 0.717) is 0 Å². The van der Waals surface area contributed by atoms with Gasteiger partial charge in [-0.2, -0.15) is 0 Å². The fourth-order valence-electron chi connectivity index (χ4n) is 1.48. The molecule has 1 rings (SSSR count). The molecule has 0 unspecified atom stereocenters. The van der Waals surface area contributed by atoms with E-state index in [0.717, 1.165) is 24.8 Å². The second kappa shape index (κ2) is 5.81. The van der Waals surface area contributed by atoms with Crippen molar-refractivity contribution in [3.63, 3.8) is 0 Å². The summed E-state index contributed by atoms with van der Waals surface area (Å²) in [5.41, 5.74) is 6.91. The van der Waals surface area contributed by atoms with Crippen LogP contribution in [0.3, 0.4) is 0 Å². The summed E-state index contributed by atoms with van der Waals surface area (Å²) >= 11 is 0. The average Bonchev–Trinajstić information content (AvgIpc) is 2.26. The smallest absolute Gasteiger partial charge is 0.263 e. The topological polar surface area (TPSA) is 26.0 Å². The Morgan fingerprint density at radius 2 is 1.67 bits per heavy atom. The van der Waals surface area contributed by atoms with Crippen LogP contribution in [0, 0.1) is 0 Å². The summed E-state index contributed by atoms with van der Waals surface area (Å²) in [4.78, 5) is 0. The van der Waals surface area contributed by atoms with Crippen molar-refractivity contribution < 1.29 is 8.78 Å². The van der Waals surface area contributed by atoms with Gasteiger partial charge in [0.25, 0.3) is 6.43 Å². The number of benzene rings is 1.